The van der Waals surface area contributed by atoms with Crippen molar-refractivity contribution in [2.45, 2.75) is 26.9 Å². The molecule has 0 saturated heterocycles. The Morgan fingerprint density at radius 1 is 1.12 bits per heavy atom. The minimum absolute atomic E-state index is 0.318. The van der Waals surface area contributed by atoms with Crippen LogP contribution in [0.25, 0.3) is 23.3 Å². The fourth-order valence-electron chi connectivity index (χ4n) is 2.80. The van der Waals surface area contributed by atoms with Gasteiger partial charge in [0, 0.05) is 18.7 Å². The van der Waals surface area contributed by atoms with Gasteiger partial charge in [0.05, 0.1) is 7.11 Å². The molecule has 1 N–H and O–H groups in total. The van der Waals surface area contributed by atoms with Crippen molar-refractivity contribution in [2.75, 3.05) is 7.11 Å². The zero-order chi connectivity index (χ0) is 18.0. The maximum Gasteiger partial charge on any atom is 0.332 e. The molecule has 1 aromatic carbocycles. The molecule has 0 aliphatic heterocycles. The van der Waals surface area contributed by atoms with Crippen LogP contribution in [-0.2, 0) is 13.1 Å². The number of H-pyrrole nitrogens is 1. The first kappa shape index (κ1) is 16.8. The molecule has 0 fully saturated rings. The standard InChI is InChI=1S/C18H20N4O3/c1-4-21-16-15(17(23)22(5-2)18(21)24)19-14(20-16)11-10-12-8-6-7-9-13(12)25-3/h6-11H,4-5H2,1-3H3,(H,19,20)/b11-10+. The van der Waals surface area contributed by atoms with Gasteiger partial charge >= 0.3 is 5.69 Å². The molecule has 0 aliphatic rings. The number of nitrogens with zero attached hydrogens (tertiary/aromatic N) is 3. The SMILES string of the molecule is CCn1c(=O)c2[nH]c(/C=C/c3ccccc3OC)nc2n(CC)c1=O. The number of fused-ring (bicyclic) bond motifs is 1. The first-order valence-corrected chi connectivity index (χ1v) is 8.15. The van der Waals surface area contributed by atoms with Gasteiger partial charge in [0.25, 0.3) is 5.56 Å². The van der Waals surface area contributed by atoms with Crippen molar-refractivity contribution in [3.63, 3.8) is 0 Å². The van der Waals surface area contributed by atoms with Gasteiger partial charge in [-0.2, -0.15) is 0 Å². The second-order valence-electron chi connectivity index (χ2n) is 5.47. The van der Waals surface area contributed by atoms with E-state index in [9.17, 15) is 9.59 Å². The minimum atomic E-state index is -0.350. The maximum absolute atomic E-state index is 12.5. The summed E-state index contributed by atoms with van der Waals surface area (Å²) in [5.74, 6) is 1.25. The van der Waals surface area contributed by atoms with E-state index >= 15 is 0 Å². The van der Waals surface area contributed by atoms with E-state index in [1.54, 1.807) is 20.1 Å². The Morgan fingerprint density at radius 3 is 2.52 bits per heavy atom. The molecule has 7 heteroatoms. The minimum Gasteiger partial charge on any atom is -0.496 e. The quantitative estimate of drug-likeness (QED) is 0.771. The lowest BCUT2D eigenvalue weighted by Gasteiger charge is -2.06. The molecule has 0 atom stereocenters. The second kappa shape index (κ2) is 6.80. The molecule has 0 unspecified atom stereocenters. The second-order valence-corrected chi connectivity index (χ2v) is 5.47. The molecule has 7 nitrogen and oxygen atoms in total. The van der Waals surface area contributed by atoms with Crippen molar-refractivity contribution in [1.82, 2.24) is 19.1 Å². The lowest BCUT2D eigenvalue weighted by atomic mass is 10.2. The van der Waals surface area contributed by atoms with Gasteiger partial charge in [-0.25, -0.2) is 9.78 Å². The van der Waals surface area contributed by atoms with Crippen LogP contribution in [0.1, 0.15) is 25.2 Å². The fourth-order valence-corrected chi connectivity index (χ4v) is 2.80. The summed E-state index contributed by atoms with van der Waals surface area (Å²) in [6, 6.07) is 7.59. The summed E-state index contributed by atoms with van der Waals surface area (Å²) >= 11 is 0. The highest BCUT2D eigenvalue weighted by molar-refractivity contribution is 5.76. The molecule has 0 spiro atoms. The monoisotopic (exact) mass is 340 g/mol. The number of imidazole rings is 1. The number of rotatable bonds is 5. The predicted molar refractivity (Wildman–Crippen MR) is 97.9 cm³/mol. The van der Waals surface area contributed by atoms with Crippen molar-refractivity contribution in [2.24, 2.45) is 0 Å². The van der Waals surface area contributed by atoms with E-state index < -0.39 is 0 Å². The Morgan fingerprint density at radius 2 is 1.84 bits per heavy atom. The number of ether oxygens (including phenoxy) is 1. The Labute approximate surface area is 144 Å². The van der Waals surface area contributed by atoms with Gasteiger partial charge in [0.2, 0.25) is 0 Å². The summed E-state index contributed by atoms with van der Waals surface area (Å²) in [4.78, 5) is 32.3. The number of hydrogen-bond donors (Lipinski definition) is 1. The van der Waals surface area contributed by atoms with E-state index in [4.69, 9.17) is 4.74 Å². The van der Waals surface area contributed by atoms with Gasteiger partial charge in [-0.3, -0.25) is 13.9 Å². The summed E-state index contributed by atoms with van der Waals surface area (Å²) in [5, 5.41) is 0. The molecule has 130 valence electrons. The van der Waals surface area contributed by atoms with Gasteiger partial charge in [-0.05, 0) is 32.1 Å². The lowest BCUT2D eigenvalue weighted by Crippen LogP contribution is -2.39. The van der Waals surface area contributed by atoms with Crippen molar-refractivity contribution < 1.29 is 4.74 Å². The number of benzene rings is 1. The molecule has 25 heavy (non-hydrogen) atoms. The fraction of sp³-hybridized carbons (Fsp3) is 0.278. The lowest BCUT2D eigenvalue weighted by molar-refractivity contribution is 0.414. The largest absolute Gasteiger partial charge is 0.496 e. The van der Waals surface area contributed by atoms with Crippen LogP contribution in [-0.4, -0.2) is 26.2 Å². The molecule has 0 aliphatic carbocycles. The highest BCUT2D eigenvalue weighted by Crippen LogP contribution is 2.19. The highest BCUT2D eigenvalue weighted by atomic mass is 16.5. The van der Waals surface area contributed by atoms with E-state index in [2.05, 4.69) is 9.97 Å². The smallest absolute Gasteiger partial charge is 0.332 e. The molecular weight excluding hydrogens is 320 g/mol. The molecule has 0 saturated carbocycles. The first-order chi connectivity index (χ1) is 12.1. The Hall–Kier alpha value is -3.09. The first-order valence-electron chi connectivity index (χ1n) is 8.15. The average Bonchev–Trinajstić information content (AvgIpc) is 3.05. The number of aromatic nitrogens is 4. The highest BCUT2D eigenvalue weighted by Gasteiger charge is 2.14. The molecule has 0 bridgehead atoms. The van der Waals surface area contributed by atoms with Gasteiger partial charge in [-0.15, -0.1) is 0 Å². The van der Waals surface area contributed by atoms with Crippen molar-refractivity contribution in [3.8, 4) is 5.75 Å². The van der Waals surface area contributed by atoms with Crippen molar-refractivity contribution in [1.29, 1.82) is 0 Å². The van der Waals surface area contributed by atoms with Crippen LogP contribution in [0.15, 0.2) is 33.9 Å². The van der Waals surface area contributed by atoms with Gasteiger partial charge < -0.3 is 9.72 Å². The molecule has 0 radical (unpaired) electrons. The van der Waals surface area contributed by atoms with Crippen LogP contribution in [0.5, 0.6) is 5.75 Å². The van der Waals surface area contributed by atoms with Crippen LogP contribution in [0.4, 0.5) is 0 Å². The molecule has 3 aromatic rings. The summed E-state index contributed by atoms with van der Waals surface area (Å²) in [7, 11) is 1.61. The van der Waals surface area contributed by atoms with E-state index in [-0.39, 0.29) is 11.2 Å². The number of nitrogens with one attached hydrogen (secondary N) is 1. The maximum atomic E-state index is 12.5. The molecular formula is C18H20N4O3. The van der Waals surface area contributed by atoms with E-state index in [0.29, 0.717) is 30.1 Å². The van der Waals surface area contributed by atoms with Crippen LogP contribution < -0.4 is 16.0 Å². The number of aryl methyl sites for hydroxylation is 1. The molecule has 0 amide bonds. The van der Waals surface area contributed by atoms with E-state index in [1.165, 1.54) is 9.13 Å². The third kappa shape index (κ3) is 2.88. The van der Waals surface area contributed by atoms with Crippen LogP contribution >= 0.6 is 0 Å². The third-order valence-corrected chi connectivity index (χ3v) is 4.07. The van der Waals surface area contributed by atoms with Crippen LogP contribution in [0.3, 0.4) is 0 Å². The van der Waals surface area contributed by atoms with Crippen molar-refractivity contribution >= 4 is 23.3 Å². The number of methoxy groups -OCH3 is 1. The topological polar surface area (TPSA) is 81.9 Å². The van der Waals surface area contributed by atoms with Gasteiger partial charge in [-0.1, -0.05) is 18.2 Å². The number of hydrogen-bond acceptors (Lipinski definition) is 4. The van der Waals surface area contributed by atoms with Crippen molar-refractivity contribution in [3.05, 3.63) is 56.5 Å². The Kier molecular flexibility index (Phi) is 4.56. The van der Waals surface area contributed by atoms with E-state index in [0.717, 1.165) is 11.3 Å². The van der Waals surface area contributed by atoms with Gasteiger partial charge in [0.1, 0.15) is 17.1 Å². The third-order valence-electron chi connectivity index (χ3n) is 4.07. The van der Waals surface area contributed by atoms with Gasteiger partial charge in [0.15, 0.2) is 5.65 Å². The Bertz CT molecular complexity index is 1060. The molecule has 2 aromatic heterocycles. The summed E-state index contributed by atoms with van der Waals surface area (Å²) in [5.41, 5.74) is 0.917. The Balaban J connectivity index is 2.13. The van der Waals surface area contributed by atoms with Crippen LogP contribution in [0.2, 0.25) is 0 Å². The average molecular weight is 340 g/mol. The summed E-state index contributed by atoms with van der Waals surface area (Å²) in [6.07, 6.45) is 3.61. The zero-order valence-electron chi connectivity index (χ0n) is 14.4. The molecule has 3 rings (SSSR count). The normalized spacial score (nSPS) is 11.5. The predicted octanol–water partition coefficient (Wildman–Crippen LogP) is 2.11. The number of para-hydroxylation sites is 1. The summed E-state index contributed by atoms with van der Waals surface area (Å²) < 4.78 is 8.02. The zero-order valence-corrected chi connectivity index (χ0v) is 14.4. The summed E-state index contributed by atoms with van der Waals surface area (Å²) in [6.45, 7) is 4.38. The van der Waals surface area contributed by atoms with E-state index in [1.807, 2.05) is 37.3 Å². The van der Waals surface area contributed by atoms with Crippen LogP contribution in [0, 0.1) is 0 Å². The number of aromatic amines is 1. The molecule has 2 heterocycles.